The third kappa shape index (κ3) is 3.64. The van der Waals surface area contributed by atoms with Crippen LogP contribution < -0.4 is 5.32 Å². The summed E-state index contributed by atoms with van der Waals surface area (Å²) >= 11 is 6.02. The van der Waals surface area contributed by atoms with Crippen molar-refractivity contribution in [1.82, 2.24) is 0 Å². The molecule has 1 aromatic rings. The molecule has 18 heavy (non-hydrogen) atoms. The van der Waals surface area contributed by atoms with Crippen LogP contribution in [0.15, 0.2) is 18.2 Å². The first-order chi connectivity index (χ1) is 8.62. The lowest BCUT2D eigenvalue weighted by Crippen LogP contribution is -2.12. The number of halogens is 1. The van der Waals surface area contributed by atoms with Crippen molar-refractivity contribution < 1.29 is 9.53 Å². The molecule has 0 radical (unpaired) electrons. The summed E-state index contributed by atoms with van der Waals surface area (Å²) in [6, 6.07) is 7.04. The first kappa shape index (κ1) is 14.3. The summed E-state index contributed by atoms with van der Waals surface area (Å²) in [6.07, 6.45) is 0.762. The Hall–Kier alpha value is -1.73. The molecule has 0 aliphatic carbocycles. The maximum Gasteiger partial charge on any atom is 0.337 e. The van der Waals surface area contributed by atoms with E-state index in [-0.39, 0.29) is 5.92 Å². The van der Waals surface area contributed by atoms with E-state index in [9.17, 15) is 4.79 Å². The molecular formula is C13H15ClN2O2. The molecule has 5 heteroatoms. The molecule has 0 saturated heterocycles. The van der Waals surface area contributed by atoms with E-state index in [0.29, 0.717) is 22.8 Å². The van der Waals surface area contributed by atoms with Gasteiger partial charge in [0.15, 0.2) is 0 Å². The van der Waals surface area contributed by atoms with Gasteiger partial charge in [-0.05, 0) is 24.6 Å². The summed E-state index contributed by atoms with van der Waals surface area (Å²) in [5, 5.41) is 12.4. The maximum absolute atomic E-state index is 11.4. The van der Waals surface area contributed by atoms with Gasteiger partial charge in [-0.25, -0.2) is 4.79 Å². The number of anilines is 1. The third-order valence-electron chi connectivity index (χ3n) is 2.60. The Labute approximate surface area is 112 Å². The highest BCUT2D eigenvalue weighted by atomic mass is 35.5. The van der Waals surface area contributed by atoms with Gasteiger partial charge in [0, 0.05) is 6.54 Å². The maximum atomic E-state index is 11.4. The van der Waals surface area contributed by atoms with Crippen LogP contribution in [0.2, 0.25) is 5.02 Å². The quantitative estimate of drug-likeness (QED) is 0.832. The molecule has 96 valence electrons. The van der Waals surface area contributed by atoms with Crippen LogP contribution in [0.25, 0.3) is 0 Å². The smallest absolute Gasteiger partial charge is 0.337 e. The van der Waals surface area contributed by atoms with Gasteiger partial charge in [-0.1, -0.05) is 18.5 Å². The molecule has 4 nitrogen and oxygen atoms in total. The number of benzene rings is 1. The Morgan fingerprint density at radius 2 is 2.33 bits per heavy atom. The topological polar surface area (TPSA) is 62.1 Å². The van der Waals surface area contributed by atoms with Crippen molar-refractivity contribution in [2.24, 2.45) is 5.92 Å². The van der Waals surface area contributed by atoms with E-state index in [0.717, 1.165) is 6.42 Å². The molecule has 1 aromatic carbocycles. The Kier molecular flexibility index (Phi) is 5.47. The highest BCUT2D eigenvalue weighted by Gasteiger charge is 2.10. The van der Waals surface area contributed by atoms with E-state index >= 15 is 0 Å². The normalized spacial score (nSPS) is 11.4. The van der Waals surface area contributed by atoms with E-state index in [1.54, 1.807) is 18.2 Å². The average molecular weight is 267 g/mol. The second kappa shape index (κ2) is 6.87. The molecule has 1 N–H and O–H groups in total. The van der Waals surface area contributed by atoms with Crippen molar-refractivity contribution in [1.29, 1.82) is 5.26 Å². The van der Waals surface area contributed by atoms with Gasteiger partial charge in [0.2, 0.25) is 0 Å². The lowest BCUT2D eigenvalue weighted by Gasteiger charge is -2.12. The zero-order chi connectivity index (χ0) is 13.5. The minimum absolute atomic E-state index is 0.0807. The molecule has 0 bridgehead atoms. The van der Waals surface area contributed by atoms with Gasteiger partial charge in [0.25, 0.3) is 0 Å². The standard InChI is InChI=1S/C13H15ClN2O2/c1-3-9(7-15)8-16-12-6-10(13(17)18-2)4-5-11(12)14/h4-6,9,16H,3,8H2,1-2H3. The molecule has 0 aliphatic rings. The predicted octanol–water partition coefficient (Wildman–Crippen LogP) is 3.09. The van der Waals surface area contributed by atoms with Crippen LogP contribution >= 0.6 is 11.6 Å². The number of ether oxygens (including phenoxy) is 1. The van der Waals surface area contributed by atoms with Crippen molar-refractivity contribution in [2.45, 2.75) is 13.3 Å². The van der Waals surface area contributed by atoms with Crippen molar-refractivity contribution in [3.8, 4) is 6.07 Å². The van der Waals surface area contributed by atoms with E-state index in [1.807, 2.05) is 6.92 Å². The van der Waals surface area contributed by atoms with Gasteiger partial charge >= 0.3 is 5.97 Å². The van der Waals surface area contributed by atoms with E-state index in [4.69, 9.17) is 16.9 Å². The number of esters is 1. The third-order valence-corrected chi connectivity index (χ3v) is 2.93. The number of nitrogens with one attached hydrogen (secondary N) is 1. The van der Waals surface area contributed by atoms with Crippen LogP contribution in [0.1, 0.15) is 23.7 Å². The minimum atomic E-state index is -0.415. The lowest BCUT2D eigenvalue weighted by molar-refractivity contribution is 0.0601. The lowest BCUT2D eigenvalue weighted by atomic mass is 10.1. The van der Waals surface area contributed by atoms with Crippen LogP contribution in [0.5, 0.6) is 0 Å². The summed E-state index contributed by atoms with van der Waals surface area (Å²) in [4.78, 5) is 11.4. The van der Waals surface area contributed by atoms with Crippen molar-refractivity contribution in [2.75, 3.05) is 19.0 Å². The fourth-order valence-corrected chi connectivity index (χ4v) is 1.60. The first-order valence-electron chi connectivity index (χ1n) is 5.63. The monoisotopic (exact) mass is 266 g/mol. The molecule has 1 rings (SSSR count). The zero-order valence-electron chi connectivity index (χ0n) is 10.4. The van der Waals surface area contributed by atoms with Crippen molar-refractivity contribution in [3.05, 3.63) is 28.8 Å². The Bertz CT molecular complexity index is 469. The molecule has 0 spiro atoms. The molecule has 0 aliphatic heterocycles. The summed E-state index contributed by atoms with van der Waals surface area (Å²) < 4.78 is 4.64. The summed E-state index contributed by atoms with van der Waals surface area (Å²) in [5.41, 5.74) is 1.06. The SMILES string of the molecule is CCC(C#N)CNc1cc(C(=O)OC)ccc1Cl. The van der Waals surface area contributed by atoms with Gasteiger partial charge < -0.3 is 10.1 Å². The molecule has 1 atom stereocenters. The number of carbonyl (C=O) groups excluding carboxylic acids is 1. The highest BCUT2D eigenvalue weighted by molar-refractivity contribution is 6.33. The Morgan fingerprint density at radius 1 is 1.61 bits per heavy atom. The molecule has 0 amide bonds. The summed E-state index contributed by atoms with van der Waals surface area (Å²) in [6.45, 7) is 2.44. The largest absolute Gasteiger partial charge is 0.465 e. The van der Waals surface area contributed by atoms with Gasteiger partial charge in [0.05, 0.1) is 35.4 Å². The summed E-state index contributed by atoms with van der Waals surface area (Å²) in [5.74, 6) is -0.495. The number of methoxy groups -OCH3 is 1. The van der Waals surface area contributed by atoms with Gasteiger partial charge in [-0.2, -0.15) is 5.26 Å². The number of hydrogen-bond donors (Lipinski definition) is 1. The van der Waals surface area contributed by atoms with Gasteiger partial charge in [-0.15, -0.1) is 0 Å². The van der Waals surface area contributed by atoms with Crippen LogP contribution in [0.4, 0.5) is 5.69 Å². The number of nitrogens with zero attached hydrogens (tertiary/aromatic N) is 1. The van der Waals surface area contributed by atoms with Crippen molar-refractivity contribution >= 4 is 23.3 Å². The highest BCUT2D eigenvalue weighted by Crippen LogP contribution is 2.23. The molecule has 0 heterocycles. The molecular weight excluding hydrogens is 252 g/mol. The predicted molar refractivity (Wildman–Crippen MR) is 70.7 cm³/mol. The van der Waals surface area contributed by atoms with Crippen LogP contribution in [-0.4, -0.2) is 19.6 Å². The summed E-state index contributed by atoms with van der Waals surface area (Å²) in [7, 11) is 1.33. The number of hydrogen-bond acceptors (Lipinski definition) is 4. The van der Waals surface area contributed by atoms with E-state index in [2.05, 4.69) is 16.1 Å². The first-order valence-corrected chi connectivity index (χ1v) is 6.01. The van der Waals surface area contributed by atoms with Crippen LogP contribution in [-0.2, 0) is 4.74 Å². The number of rotatable bonds is 5. The Balaban J connectivity index is 2.82. The van der Waals surface area contributed by atoms with E-state index < -0.39 is 5.97 Å². The second-order valence-corrected chi connectivity index (χ2v) is 4.21. The molecule has 0 aromatic heterocycles. The molecule has 0 saturated carbocycles. The Morgan fingerprint density at radius 3 is 2.89 bits per heavy atom. The zero-order valence-corrected chi connectivity index (χ0v) is 11.1. The second-order valence-electron chi connectivity index (χ2n) is 3.80. The minimum Gasteiger partial charge on any atom is -0.465 e. The van der Waals surface area contributed by atoms with Crippen LogP contribution in [0.3, 0.4) is 0 Å². The fraction of sp³-hybridized carbons (Fsp3) is 0.385. The van der Waals surface area contributed by atoms with Crippen LogP contribution in [0, 0.1) is 17.2 Å². The number of carbonyl (C=O) groups is 1. The fourth-order valence-electron chi connectivity index (χ4n) is 1.42. The number of nitriles is 1. The van der Waals surface area contributed by atoms with E-state index in [1.165, 1.54) is 7.11 Å². The van der Waals surface area contributed by atoms with Gasteiger partial charge in [0.1, 0.15) is 0 Å². The molecule has 0 fully saturated rings. The molecule has 1 unspecified atom stereocenters. The average Bonchev–Trinajstić information content (AvgIpc) is 2.40. The van der Waals surface area contributed by atoms with Gasteiger partial charge in [-0.3, -0.25) is 0 Å². The van der Waals surface area contributed by atoms with Crippen molar-refractivity contribution in [3.63, 3.8) is 0 Å².